The van der Waals surface area contributed by atoms with Gasteiger partial charge < -0.3 is 5.32 Å². The Kier molecular flexibility index (Phi) is 5.47. The van der Waals surface area contributed by atoms with Gasteiger partial charge in [-0.25, -0.2) is 9.97 Å². The largest absolute Gasteiger partial charge is 0.311 e. The van der Waals surface area contributed by atoms with Crippen molar-refractivity contribution in [3.63, 3.8) is 0 Å². The van der Waals surface area contributed by atoms with E-state index >= 15 is 0 Å². The highest BCUT2D eigenvalue weighted by atomic mass is 79.9. The second-order valence-electron chi connectivity index (χ2n) is 4.95. The van der Waals surface area contributed by atoms with Crippen LogP contribution in [0.1, 0.15) is 42.8 Å². The number of hydrogen-bond acceptors (Lipinski definition) is 4. The molecule has 0 aliphatic heterocycles. The molecule has 0 saturated heterocycles. The van der Waals surface area contributed by atoms with Crippen molar-refractivity contribution in [3.8, 4) is 0 Å². The highest BCUT2D eigenvalue weighted by molar-refractivity contribution is 9.10. The molecule has 1 N–H and O–H groups in total. The summed E-state index contributed by atoms with van der Waals surface area (Å²) in [6, 6.07) is 2.12. The lowest BCUT2D eigenvalue weighted by Gasteiger charge is -2.17. The molecule has 0 spiro atoms. The molecule has 114 valence electrons. The topological polar surface area (TPSA) is 55.6 Å². The summed E-state index contributed by atoms with van der Waals surface area (Å²) in [5.41, 5.74) is 3.34. The summed E-state index contributed by atoms with van der Waals surface area (Å²) >= 11 is 3.70. The van der Waals surface area contributed by atoms with Crippen molar-refractivity contribution < 1.29 is 0 Å². The Morgan fingerprint density at radius 2 is 2.14 bits per heavy atom. The van der Waals surface area contributed by atoms with Gasteiger partial charge in [-0.3, -0.25) is 4.68 Å². The molecule has 0 bridgehead atoms. The van der Waals surface area contributed by atoms with Crippen LogP contribution in [0.25, 0.3) is 0 Å². The highest BCUT2D eigenvalue weighted by Crippen LogP contribution is 2.26. The molecule has 0 amide bonds. The molecular weight excluding hydrogens is 330 g/mol. The molecule has 2 rings (SSSR count). The maximum Gasteiger partial charge on any atom is 0.125 e. The first kappa shape index (κ1) is 16.1. The van der Waals surface area contributed by atoms with Gasteiger partial charge in [-0.1, -0.05) is 6.92 Å². The van der Waals surface area contributed by atoms with Gasteiger partial charge in [-0.15, -0.1) is 0 Å². The Hall–Kier alpha value is -1.27. The maximum atomic E-state index is 4.65. The molecule has 2 aromatic heterocycles. The number of nitrogens with one attached hydrogen (secondary N) is 1. The van der Waals surface area contributed by atoms with E-state index in [2.05, 4.69) is 54.8 Å². The van der Waals surface area contributed by atoms with Crippen LogP contribution in [0.2, 0.25) is 0 Å². The Labute approximate surface area is 134 Å². The van der Waals surface area contributed by atoms with Crippen molar-refractivity contribution in [1.29, 1.82) is 0 Å². The fraction of sp³-hybridized carbons (Fsp3) is 0.533. The van der Waals surface area contributed by atoms with E-state index in [-0.39, 0.29) is 6.04 Å². The zero-order valence-electron chi connectivity index (χ0n) is 13.0. The lowest BCUT2D eigenvalue weighted by Crippen LogP contribution is -2.22. The van der Waals surface area contributed by atoms with Crippen molar-refractivity contribution in [3.05, 3.63) is 39.6 Å². The zero-order chi connectivity index (χ0) is 15.4. The quantitative estimate of drug-likeness (QED) is 0.869. The summed E-state index contributed by atoms with van der Waals surface area (Å²) in [5, 5.41) is 8.00. The summed E-state index contributed by atoms with van der Waals surface area (Å²) in [5.74, 6) is 0.796. The second kappa shape index (κ2) is 7.13. The monoisotopic (exact) mass is 351 g/mol. The molecule has 1 unspecified atom stereocenters. The average molecular weight is 352 g/mol. The molecule has 1 atom stereocenters. The smallest absolute Gasteiger partial charge is 0.125 e. The van der Waals surface area contributed by atoms with E-state index in [1.807, 2.05) is 26.2 Å². The van der Waals surface area contributed by atoms with E-state index in [9.17, 15) is 0 Å². The Morgan fingerprint density at radius 1 is 1.38 bits per heavy atom. The molecule has 2 aromatic rings. The highest BCUT2D eigenvalue weighted by Gasteiger charge is 2.19. The van der Waals surface area contributed by atoms with Crippen LogP contribution >= 0.6 is 15.9 Å². The fourth-order valence-electron chi connectivity index (χ4n) is 2.43. The molecular formula is C15H22BrN5. The van der Waals surface area contributed by atoms with Gasteiger partial charge in [-0.05, 0) is 49.3 Å². The van der Waals surface area contributed by atoms with E-state index in [0.717, 1.165) is 41.1 Å². The molecule has 0 fully saturated rings. The number of halogens is 1. The predicted octanol–water partition coefficient (Wildman–Crippen LogP) is 2.83. The van der Waals surface area contributed by atoms with E-state index in [4.69, 9.17) is 0 Å². The molecule has 21 heavy (non-hydrogen) atoms. The van der Waals surface area contributed by atoms with Crippen LogP contribution in [0.5, 0.6) is 0 Å². The number of likely N-dealkylation sites (N-methyl/N-ethyl adjacent to an activating group) is 1. The normalized spacial score (nSPS) is 12.6. The summed E-state index contributed by atoms with van der Waals surface area (Å²) in [7, 11) is 1.96. The summed E-state index contributed by atoms with van der Waals surface area (Å²) in [6.07, 6.45) is 3.58. The number of aromatic nitrogens is 4. The molecule has 0 aromatic carbocycles. The first-order chi connectivity index (χ1) is 10.1. The molecule has 0 saturated carbocycles. The van der Waals surface area contributed by atoms with Crippen LogP contribution in [0.3, 0.4) is 0 Å². The Balaban J connectivity index is 2.32. The van der Waals surface area contributed by atoms with Crippen LogP contribution in [0.15, 0.2) is 16.7 Å². The van der Waals surface area contributed by atoms with Crippen LogP contribution in [0, 0.1) is 6.92 Å². The minimum absolute atomic E-state index is 0.148. The van der Waals surface area contributed by atoms with Gasteiger partial charge in [0.1, 0.15) is 5.82 Å². The van der Waals surface area contributed by atoms with Crippen LogP contribution in [-0.2, 0) is 19.4 Å². The minimum Gasteiger partial charge on any atom is -0.311 e. The number of rotatable bonds is 6. The van der Waals surface area contributed by atoms with Crippen LogP contribution in [-0.4, -0.2) is 26.8 Å². The molecule has 2 heterocycles. The first-order valence-electron chi connectivity index (χ1n) is 7.31. The zero-order valence-corrected chi connectivity index (χ0v) is 14.6. The van der Waals surface area contributed by atoms with Crippen molar-refractivity contribution in [2.75, 3.05) is 7.05 Å². The standard InChI is InChI=1S/C15H22BrN5/c1-5-11-15(16)14(21(6-2)20-11)9-13(17-4)12-7-8-18-10(3)19-12/h7-8,13,17H,5-6,9H2,1-4H3. The van der Waals surface area contributed by atoms with Gasteiger partial charge in [0.15, 0.2) is 0 Å². The molecule has 0 radical (unpaired) electrons. The van der Waals surface area contributed by atoms with Gasteiger partial charge in [-0.2, -0.15) is 5.10 Å². The SMILES string of the molecule is CCc1nn(CC)c(CC(NC)c2ccnc(C)n2)c1Br. The van der Waals surface area contributed by atoms with Crippen molar-refractivity contribution in [2.24, 2.45) is 0 Å². The number of hydrogen-bond donors (Lipinski definition) is 1. The lowest BCUT2D eigenvalue weighted by atomic mass is 10.1. The predicted molar refractivity (Wildman–Crippen MR) is 87.3 cm³/mol. The van der Waals surface area contributed by atoms with Crippen molar-refractivity contribution >= 4 is 15.9 Å². The molecule has 6 heteroatoms. The Bertz CT molecular complexity index is 608. The first-order valence-corrected chi connectivity index (χ1v) is 8.10. The van der Waals surface area contributed by atoms with Gasteiger partial charge in [0.05, 0.1) is 27.6 Å². The third-order valence-corrected chi connectivity index (χ3v) is 4.51. The Morgan fingerprint density at radius 3 is 2.71 bits per heavy atom. The molecule has 0 aliphatic rings. The summed E-state index contributed by atoms with van der Waals surface area (Å²) in [4.78, 5) is 8.70. The minimum atomic E-state index is 0.148. The fourth-order valence-corrected chi connectivity index (χ4v) is 3.15. The summed E-state index contributed by atoms with van der Waals surface area (Å²) < 4.78 is 3.19. The number of nitrogens with zero attached hydrogens (tertiary/aromatic N) is 4. The van der Waals surface area contributed by atoms with Crippen molar-refractivity contribution in [1.82, 2.24) is 25.1 Å². The molecule has 5 nitrogen and oxygen atoms in total. The van der Waals surface area contributed by atoms with Crippen LogP contribution in [0.4, 0.5) is 0 Å². The van der Waals surface area contributed by atoms with Crippen molar-refractivity contribution in [2.45, 2.75) is 46.2 Å². The third kappa shape index (κ3) is 3.49. The third-order valence-electron chi connectivity index (χ3n) is 3.59. The molecule has 0 aliphatic carbocycles. The van der Waals surface area contributed by atoms with Gasteiger partial charge in [0.25, 0.3) is 0 Å². The van der Waals surface area contributed by atoms with E-state index < -0.39 is 0 Å². The number of aryl methyl sites for hydroxylation is 3. The lowest BCUT2D eigenvalue weighted by molar-refractivity contribution is 0.528. The average Bonchev–Trinajstić information content (AvgIpc) is 2.80. The summed E-state index contributed by atoms with van der Waals surface area (Å²) in [6.45, 7) is 7.02. The van der Waals surface area contributed by atoms with Crippen LogP contribution < -0.4 is 5.32 Å². The van der Waals surface area contributed by atoms with E-state index in [1.165, 1.54) is 5.69 Å². The van der Waals surface area contributed by atoms with Gasteiger partial charge in [0.2, 0.25) is 0 Å². The van der Waals surface area contributed by atoms with E-state index in [0.29, 0.717) is 0 Å². The second-order valence-corrected chi connectivity index (χ2v) is 5.74. The maximum absolute atomic E-state index is 4.65. The van der Waals surface area contributed by atoms with Gasteiger partial charge in [0, 0.05) is 19.2 Å². The van der Waals surface area contributed by atoms with Gasteiger partial charge >= 0.3 is 0 Å². The van der Waals surface area contributed by atoms with E-state index in [1.54, 1.807) is 0 Å².